The van der Waals surface area contributed by atoms with Crippen LogP contribution in [0.2, 0.25) is 0 Å². The van der Waals surface area contributed by atoms with Gasteiger partial charge in [-0.1, -0.05) is 0 Å². The second-order valence-corrected chi connectivity index (χ2v) is 6.01. The van der Waals surface area contributed by atoms with Gasteiger partial charge in [-0.25, -0.2) is 4.39 Å². The lowest BCUT2D eigenvalue weighted by atomic mass is 10.0. The lowest BCUT2D eigenvalue weighted by molar-refractivity contribution is -0.122. The van der Waals surface area contributed by atoms with Crippen LogP contribution in [0.1, 0.15) is 33.6 Å². The number of hydrogen-bond acceptors (Lipinski definition) is 3. The summed E-state index contributed by atoms with van der Waals surface area (Å²) in [5.74, 6) is -0.567. The topological polar surface area (TPSA) is 58.4 Å². The fourth-order valence-electron chi connectivity index (χ4n) is 2.86. The summed E-state index contributed by atoms with van der Waals surface area (Å²) in [6.07, 6.45) is 2.20. The van der Waals surface area contributed by atoms with E-state index in [-0.39, 0.29) is 23.2 Å². The van der Waals surface area contributed by atoms with Gasteiger partial charge >= 0.3 is 0 Å². The summed E-state index contributed by atoms with van der Waals surface area (Å²) in [6.45, 7) is 7.13. The minimum absolute atomic E-state index is 0.0388. The van der Waals surface area contributed by atoms with Crippen molar-refractivity contribution in [2.24, 2.45) is 0 Å². The Bertz CT molecular complexity index is 516. The Morgan fingerprint density at radius 3 is 2.75 bits per heavy atom. The van der Waals surface area contributed by atoms with Crippen molar-refractivity contribution < 1.29 is 9.18 Å². The second kappa shape index (κ2) is 5.40. The molecule has 1 saturated heterocycles. The molecular weight excluding hydrogens is 257 g/mol. The zero-order valence-corrected chi connectivity index (χ0v) is 12.2. The summed E-state index contributed by atoms with van der Waals surface area (Å²) >= 11 is 0. The standard InChI is InChI=1S/C15H22FN3O/c1-10(19-8-4-7-15(19,2)3)14(20)18-11-5-6-12(16)13(17)9-11/h5-6,9-10H,4,7-8,17H2,1-3H3,(H,18,20). The number of benzene rings is 1. The molecule has 1 aromatic carbocycles. The maximum absolute atomic E-state index is 13.1. The van der Waals surface area contributed by atoms with Crippen molar-refractivity contribution in [2.45, 2.75) is 45.2 Å². The first kappa shape index (κ1) is 14.8. The summed E-state index contributed by atoms with van der Waals surface area (Å²) in [7, 11) is 0. The van der Waals surface area contributed by atoms with Crippen molar-refractivity contribution in [2.75, 3.05) is 17.6 Å². The Morgan fingerprint density at radius 1 is 1.50 bits per heavy atom. The monoisotopic (exact) mass is 279 g/mol. The third kappa shape index (κ3) is 2.93. The van der Waals surface area contributed by atoms with E-state index < -0.39 is 5.82 Å². The average molecular weight is 279 g/mol. The average Bonchev–Trinajstić information content (AvgIpc) is 2.72. The highest BCUT2D eigenvalue weighted by atomic mass is 19.1. The molecule has 1 atom stereocenters. The van der Waals surface area contributed by atoms with Crippen LogP contribution in [-0.2, 0) is 4.79 Å². The number of carbonyl (C=O) groups excluding carboxylic acids is 1. The van der Waals surface area contributed by atoms with Gasteiger partial charge in [-0.15, -0.1) is 0 Å². The van der Waals surface area contributed by atoms with E-state index in [4.69, 9.17) is 5.73 Å². The number of halogens is 1. The molecule has 3 N–H and O–H groups in total. The molecule has 1 aliphatic rings. The van der Waals surface area contributed by atoms with Crippen LogP contribution in [0.15, 0.2) is 18.2 Å². The smallest absolute Gasteiger partial charge is 0.241 e. The molecule has 5 heteroatoms. The number of carbonyl (C=O) groups is 1. The third-order valence-corrected chi connectivity index (χ3v) is 4.08. The molecule has 0 radical (unpaired) electrons. The fourth-order valence-corrected chi connectivity index (χ4v) is 2.86. The molecule has 1 fully saturated rings. The highest BCUT2D eigenvalue weighted by Crippen LogP contribution is 2.30. The molecular formula is C15H22FN3O. The van der Waals surface area contributed by atoms with E-state index in [1.807, 2.05) is 6.92 Å². The van der Waals surface area contributed by atoms with Crippen LogP contribution in [0.25, 0.3) is 0 Å². The molecule has 0 bridgehead atoms. The Balaban J connectivity index is 2.06. The zero-order chi connectivity index (χ0) is 14.9. The molecule has 0 spiro atoms. The quantitative estimate of drug-likeness (QED) is 0.836. The first-order chi connectivity index (χ1) is 9.31. The molecule has 1 heterocycles. The van der Waals surface area contributed by atoms with Gasteiger partial charge in [-0.05, 0) is 58.4 Å². The molecule has 4 nitrogen and oxygen atoms in total. The summed E-state index contributed by atoms with van der Waals surface area (Å²) in [6, 6.07) is 3.99. The largest absolute Gasteiger partial charge is 0.396 e. The van der Waals surface area contributed by atoms with Crippen LogP contribution in [0.4, 0.5) is 15.8 Å². The zero-order valence-electron chi connectivity index (χ0n) is 12.2. The fraction of sp³-hybridized carbons (Fsp3) is 0.533. The normalized spacial score (nSPS) is 19.8. The lowest BCUT2D eigenvalue weighted by Crippen LogP contribution is -2.49. The number of nitrogens with one attached hydrogen (secondary N) is 1. The maximum atomic E-state index is 13.1. The minimum atomic E-state index is -0.475. The lowest BCUT2D eigenvalue weighted by Gasteiger charge is -2.35. The first-order valence-electron chi connectivity index (χ1n) is 6.94. The number of nitrogen functional groups attached to an aromatic ring is 1. The molecule has 0 aliphatic carbocycles. The summed E-state index contributed by atoms with van der Waals surface area (Å²) in [5.41, 5.74) is 6.11. The second-order valence-electron chi connectivity index (χ2n) is 6.01. The molecule has 1 aromatic rings. The Kier molecular flexibility index (Phi) is 3.99. The third-order valence-electron chi connectivity index (χ3n) is 4.08. The van der Waals surface area contributed by atoms with Crippen molar-refractivity contribution in [3.05, 3.63) is 24.0 Å². The van der Waals surface area contributed by atoms with E-state index in [9.17, 15) is 9.18 Å². The number of nitrogens with zero attached hydrogens (tertiary/aromatic N) is 1. The van der Waals surface area contributed by atoms with E-state index in [1.165, 1.54) is 18.2 Å². The number of nitrogens with two attached hydrogens (primary N) is 1. The highest BCUT2D eigenvalue weighted by Gasteiger charge is 2.37. The van der Waals surface area contributed by atoms with Crippen LogP contribution in [-0.4, -0.2) is 28.9 Å². The first-order valence-corrected chi connectivity index (χ1v) is 6.94. The molecule has 0 saturated carbocycles. The highest BCUT2D eigenvalue weighted by molar-refractivity contribution is 5.95. The van der Waals surface area contributed by atoms with Crippen LogP contribution in [0, 0.1) is 5.82 Å². The van der Waals surface area contributed by atoms with Gasteiger partial charge in [0.15, 0.2) is 0 Å². The van der Waals surface area contributed by atoms with Crippen molar-refractivity contribution in [3.8, 4) is 0 Å². The van der Waals surface area contributed by atoms with E-state index in [1.54, 1.807) is 0 Å². The van der Waals surface area contributed by atoms with Gasteiger partial charge in [0, 0.05) is 11.2 Å². The Hall–Kier alpha value is -1.62. The molecule has 20 heavy (non-hydrogen) atoms. The minimum Gasteiger partial charge on any atom is -0.396 e. The van der Waals surface area contributed by atoms with Crippen molar-refractivity contribution in [1.29, 1.82) is 0 Å². The summed E-state index contributed by atoms with van der Waals surface area (Å²) in [5, 5.41) is 2.80. The molecule has 2 rings (SSSR count). The molecule has 110 valence electrons. The number of rotatable bonds is 3. The number of amides is 1. The van der Waals surface area contributed by atoms with Gasteiger partial charge < -0.3 is 11.1 Å². The molecule has 1 amide bonds. The molecule has 1 aliphatic heterocycles. The number of anilines is 2. The Morgan fingerprint density at radius 2 is 2.20 bits per heavy atom. The van der Waals surface area contributed by atoms with E-state index in [0.29, 0.717) is 5.69 Å². The summed E-state index contributed by atoms with van der Waals surface area (Å²) in [4.78, 5) is 14.5. The number of likely N-dealkylation sites (tertiary alicyclic amines) is 1. The van der Waals surface area contributed by atoms with Gasteiger partial charge in [0.1, 0.15) is 5.82 Å². The van der Waals surface area contributed by atoms with Crippen molar-refractivity contribution >= 4 is 17.3 Å². The SMILES string of the molecule is CC(C(=O)Nc1ccc(F)c(N)c1)N1CCCC1(C)C. The van der Waals surface area contributed by atoms with Gasteiger partial charge in [0.25, 0.3) is 0 Å². The number of hydrogen-bond donors (Lipinski definition) is 2. The molecule has 1 unspecified atom stereocenters. The van der Waals surface area contributed by atoms with Crippen molar-refractivity contribution in [3.63, 3.8) is 0 Å². The van der Waals surface area contributed by atoms with Gasteiger partial charge in [-0.2, -0.15) is 0 Å². The van der Waals surface area contributed by atoms with E-state index in [2.05, 4.69) is 24.1 Å². The molecule has 0 aromatic heterocycles. The predicted molar refractivity (Wildman–Crippen MR) is 78.9 cm³/mol. The van der Waals surface area contributed by atoms with Gasteiger partial charge in [-0.3, -0.25) is 9.69 Å². The van der Waals surface area contributed by atoms with E-state index >= 15 is 0 Å². The van der Waals surface area contributed by atoms with Crippen LogP contribution in [0.5, 0.6) is 0 Å². The summed E-state index contributed by atoms with van der Waals surface area (Å²) < 4.78 is 13.1. The maximum Gasteiger partial charge on any atom is 0.241 e. The Labute approximate surface area is 119 Å². The van der Waals surface area contributed by atoms with Crippen LogP contribution >= 0.6 is 0 Å². The van der Waals surface area contributed by atoms with Gasteiger partial charge in [0.05, 0.1) is 11.7 Å². The van der Waals surface area contributed by atoms with Crippen molar-refractivity contribution in [1.82, 2.24) is 4.90 Å². The van der Waals surface area contributed by atoms with E-state index in [0.717, 1.165) is 19.4 Å². The predicted octanol–water partition coefficient (Wildman–Crippen LogP) is 2.61. The van der Waals surface area contributed by atoms with Gasteiger partial charge in [0.2, 0.25) is 5.91 Å². The van der Waals surface area contributed by atoms with Crippen LogP contribution in [0.3, 0.4) is 0 Å². The van der Waals surface area contributed by atoms with Crippen LogP contribution < -0.4 is 11.1 Å².